The van der Waals surface area contributed by atoms with Gasteiger partial charge in [-0.2, -0.15) is 4.98 Å². The highest BCUT2D eigenvalue weighted by molar-refractivity contribution is 5.59. The molecule has 0 aliphatic carbocycles. The summed E-state index contributed by atoms with van der Waals surface area (Å²) in [5.74, 6) is 1.88. The Morgan fingerprint density at radius 2 is 2.42 bits per heavy atom. The van der Waals surface area contributed by atoms with Crippen LogP contribution in [-0.4, -0.2) is 34.9 Å². The topological polar surface area (TPSA) is 70.3 Å². The highest BCUT2D eigenvalue weighted by Gasteiger charge is 2.24. The van der Waals surface area contributed by atoms with Crippen molar-refractivity contribution in [3.63, 3.8) is 0 Å². The molecule has 3 rings (SSSR count). The van der Waals surface area contributed by atoms with Crippen molar-refractivity contribution in [1.82, 2.24) is 15.1 Å². The Morgan fingerprint density at radius 3 is 3.21 bits per heavy atom. The Bertz CT molecular complexity index is 550. The molecule has 1 unspecified atom stereocenters. The van der Waals surface area contributed by atoms with E-state index >= 15 is 0 Å². The SMILES string of the molecule is CCOc1ncccc1-c1nc(C2CCOC2)no1. The molecule has 1 aliphatic heterocycles. The first-order chi connectivity index (χ1) is 9.38. The van der Waals surface area contributed by atoms with Crippen LogP contribution in [0.4, 0.5) is 0 Å². The Labute approximate surface area is 110 Å². The molecule has 0 bridgehead atoms. The second kappa shape index (κ2) is 5.36. The van der Waals surface area contributed by atoms with E-state index in [9.17, 15) is 0 Å². The van der Waals surface area contributed by atoms with E-state index in [1.54, 1.807) is 6.20 Å². The fraction of sp³-hybridized carbons (Fsp3) is 0.462. The summed E-state index contributed by atoms with van der Waals surface area (Å²) in [6.45, 7) is 3.87. The molecule has 0 radical (unpaired) electrons. The lowest BCUT2D eigenvalue weighted by Crippen LogP contribution is -2.00. The monoisotopic (exact) mass is 261 g/mol. The van der Waals surface area contributed by atoms with Gasteiger partial charge in [0.1, 0.15) is 5.56 Å². The van der Waals surface area contributed by atoms with Gasteiger partial charge in [-0.1, -0.05) is 5.16 Å². The lowest BCUT2D eigenvalue weighted by Gasteiger charge is -2.04. The summed E-state index contributed by atoms with van der Waals surface area (Å²) in [7, 11) is 0. The van der Waals surface area contributed by atoms with Gasteiger partial charge in [0, 0.05) is 18.7 Å². The van der Waals surface area contributed by atoms with Crippen LogP contribution < -0.4 is 4.74 Å². The predicted octanol–water partition coefficient (Wildman–Crippen LogP) is 2.03. The lowest BCUT2D eigenvalue weighted by atomic mass is 10.1. The summed E-state index contributed by atoms with van der Waals surface area (Å²) in [5, 5.41) is 4.03. The van der Waals surface area contributed by atoms with Gasteiger partial charge in [-0.05, 0) is 25.5 Å². The van der Waals surface area contributed by atoms with E-state index in [2.05, 4.69) is 15.1 Å². The van der Waals surface area contributed by atoms with E-state index in [-0.39, 0.29) is 5.92 Å². The molecule has 3 heterocycles. The standard InChI is InChI=1S/C13H15N3O3/c1-2-18-12-10(4-3-6-14-12)13-15-11(16-19-13)9-5-7-17-8-9/h3-4,6,9H,2,5,7-8H2,1H3. The Balaban J connectivity index is 1.89. The molecule has 1 saturated heterocycles. The summed E-state index contributed by atoms with van der Waals surface area (Å²) in [4.78, 5) is 8.60. The molecule has 100 valence electrons. The molecule has 0 amide bonds. The van der Waals surface area contributed by atoms with Crippen LogP contribution in [0, 0.1) is 0 Å². The number of rotatable bonds is 4. The van der Waals surface area contributed by atoms with E-state index in [0.29, 0.717) is 30.8 Å². The van der Waals surface area contributed by atoms with Crippen LogP contribution in [0.15, 0.2) is 22.9 Å². The van der Waals surface area contributed by atoms with E-state index in [1.807, 2.05) is 19.1 Å². The normalized spacial score (nSPS) is 18.7. The summed E-state index contributed by atoms with van der Waals surface area (Å²) in [5.41, 5.74) is 0.724. The highest BCUT2D eigenvalue weighted by atomic mass is 16.5. The van der Waals surface area contributed by atoms with Gasteiger partial charge < -0.3 is 14.0 Å². The molecule has 2 aromatic rings. The van der Waals surface area contributed by atoms with Crippen molar-refractivity contribution >= 4 is 0 Å². The molecule has 0 saturated carbocycles. The zero-order valence-corrected chi connectivity index (χ0v) is 10.7. The van der Waals surface area contributed by atoms with E-state index in [1.165, 1.54) is 0 Å². The van der Waals surface area contributed by atoms with Gasteiger partial charge >= 0.3 is 0 Å². The molecule has 19 heavy (non-hydrogen) atoms. The Kier molecular flexibility index (Phi) is 3.41. The average molecular weight is 261 g/mol. The van der Waals surface area contributed by atoms with Crippen molar-refractivity contribution in [1.29, 1.82) is 0 Å². The summed E-state index contributed by atoms with van der Waals surface area (Å²) >= 11 is 0. The quantitative estimate of drug-likeness (QED) is 0.838. The van der Waals surface area contributed by atoms with Gasteiger partial charge in [0.2, 0.25) is 5.88 Å². The zero-order valence-electron chi connectivity index (χ0n) is 10.7. The van der Waals surface area contributed by atoms with Gasteiger partial charge in [0.25, 0.3) is 5.89 Å². The molecule has 6 heteroatoms. The maximum Gasteiger partial charge on any atom is 0.263 e. The first-order valence-electron chi connectivity index (χ1n) is 6.38. The number of nitrogens with zero attached hydrogens (tertiary/aromatic N) is 3. The molecule has 6 nitrogen and oxygen atoms in total. The fourth-order valence-electron chi connectivity index (χ4n) is 2.05. The van der Waals surface area contributed by atoms with Gasteiger partial charge in [-0.15, -0.1) is 0 Å². The van der Waals surface area contributed by atoms with Gasteiger partial charge in [0.15, 0.2) is 5.82 Å². The molecule has 0 aromatic carbocycles. The number of aromatic nitrogens is 3. The number of ether oxygens (including phenoxy) is 2. The van der Waals surface area contributed by atoms with E-state index in [0.717, 1.165) is 18.6 Å². The smallest absolute Gasteiger partial charge is 0.263 e. The van der Waals surface area contributed by atoms with Crippen LogP contribution in [0.1, 0.15) is 25.1 Å². The molecular weight excluding hydrogens is 246 g/mol. The van der Waals surface area contributed by atoms with Gasteiger partial charge in [-0.25, -0.2) is 4.98 Å². The van der Waals surface area contributed by atoms with E-state index in [4.69, 9.17) is 14.0 Å². The number of pyridine rings is 1. The third-order valence-corrected chi connectivity index (χ3v) is 3.02. The molecule has 0 N–H and O–H groups in total. The minimum absolute atomic E-state index is 0.227. The van der Waals surface area contributed by atoms with E-state index < -0.39 is 0 Å². The van der Waals surface area contributed by atoms with Crippen LogP contribution in [0.25, 0.3) is 11.5 Å². The maximum absolute atomic E-state index is 5.46. The third-order valence-electron chi connectivity index (χ3n) is 3.02. The summed E-state index contributed by atoms with van der Waals surface area (Å²) < 4.78 is 16.1. The Hall–Kier alpha value is -1.95. The van der Waals surface area contributed by atoms with Crippen LogP contribution in [-0.2, 0) is 4.74 Å². The zero-order chi connectivity index (χ0) is 13.1. The summed E-state index contributed by atoms with van der Waals surface area (Å²) in [6.07, 6.45) is 2.61. The average Bonchev–Trinajstić information content (AvgIpc) is 3.11. The van der Waals surface area contributed by atoms with Crippen molar-refractivity contribution in [3.05, 3.63) is 24.2 Å². The lowest BCUT2D eigenvalue weighted by molar-refractivity contribution is 0.192. The maximum atomic E-state index is 5.46. The minimum Gasteiger partial charge on any atom is -0.477 e. The fourth-order valence-corrected chi connectivity index (χ4v) is 2.05. The molecule has 1 fully saturated rings. The number of hydrogen-bond acceptors (Lipinski definition) is 6. The molecule has 1 aliphatic rings. The van der Waals surface area contributed by atoms with Crippen molar-refractivity contribution in [2.45, 2.75) is 19.3 Å². The number of hydrogen-bond donors (Lipinski definition) is 0. The third kappa shape index (κ3) is 2.44. The second-order valence-electron chi connectivity index (χ2n) is 4.31. The highest BCUT2D eigenvalue weighted by Crippen LogP contribution is 2.29. The van der Waals surface area contributed by atoms with Crippen LogP contribution in [0.3, 0.4) is 0 Å². The molecule has 2 aromatic heterocycles. The van der Waals surface area contributed by atoms with Crippen LogP contribution in [0.5, 0.6) is 5.88 Å². The van der Waals surface area contributed by atoms with Gasteiger partial charge in [-0.3, -0.25) is 0 Å². The van der Waals surface area contributed by atoms with Crippen molar-refractivity contribution in [3.8, 4) is 17.3 Å². The van der Waals surface area contributed by atoms with Crippen molar-refractivity contribution in [2.24, 2.45) is 0 Å². The van der Waals surface area contributed by atoms with Gasteiger partial charge in [0.05, 0.1) is 13.2 Å². The first kappa shape index (κ1) is 12.1. The summed E-state index contributed by atoms with van der Waals surface area (Å²) in [6, 6.07) is 3.68. The minimum atomic E-state index is 0.227. The molecule has 1 atom stereocenters. The second-order valence-corrected chi connectivity index (χ2v) is 4.31. The van der Waals surface area contributed by atoms with Crippen molar-refractivity contribution < 1.29 is 14.0 Å². The molecule has 0 spiro atoms. The van der Waals surface area contributed by atoms with Crippen molar-refractivity contribution in [2.75, 3.05) is 19.8 Å². The largest absolute Gasteiger partial charge is 0.477 e. The predicted molar refractivity (Wildman–Crippen MR) is 66.9 cm³/mol. The molecular formula is C13H15N3O3. The van der Waals surface area contributed by atoms with Crippen LogP contribution >= 0.6 is 0 Å². The Morgan fingerprint density at radius 1 is 1.47 bits per heavy atom. The first-order valence-corrected chi connectivity index (χ1v) is 6.38. The van der Waals surface area contributed by atoms with Crippen LogP contribution in [0.2, 0.25) is 0 Å².